The van der Waals surface area contributed by atoms with Crippen LogP contribution in [-0.2, 0) is 4.79 Å². The van der Waals surface area contributed by atoms with E-state index in [9.17, 15) is 4.79 Å². The van der Waals surface area contributed by atoms with Crippen molar-refractivity contribution in [3.8, 4) is 0 Å². The van der Waals surface area contributed by atoms with E-state index >= 15 is 0 Å². The van der Waals surface area contributed by atoms with E-state index in [0.717, 1.165) is 37.8 Å². The molecule has 1 saturated heterocycles. The molecule has 2 atom stereocenters. The molecule has 0 aromatic carbocycles. The number of carbonyl (C=O) groups excluding carboxylic acids is 1. The molecule has 0 radical (unpaired) electrons. The van der Waals surface area contributed by atoms with E-state index < -0.39 is 0 Å². The molecule has 0 aromatic rings. The smallest absolute Gasteiger partial charge is 0.225 e. The number of piperidine rings is 1. The van der Waals surface area contributed by atoms with Crippen LogP contribution in [0.25, 0.3) is 0 Å². The third-order valence-electron chi connectivity index (χ3n) is 4.53. The standard InChI is InChI=1S/C13H21NO/c15-13(11-5-6-11)14-8-7-10-3-1-2-4-12(10)9-14/h10-12H,1-9H2/t10-,12-/m0/s1. The van der Waals surface area contributed by atoms with Crippen molar-refractivity contribution in [2.24, 2.45) is 17.8 Å². The molecule has 0 N–H and O–H groups in total. The van der Waals surface area contributed by atoms with Gasteiger partial charge >= 0.3 is 0 Å². The molecule has 0 spiro atoms. The van der Waals surface area contributed by atoms with Crippen LogP contribution in [0.2, 0.25) is 0 Å². The van der Waals surface area contributed by atoms with Crippen molar-refractivity contribution in [2.75, 3.05) is 13.1 Å². The van der Waals surface area contributed by atoms with E-state index in [-0.39, 0.29) is 0 Å². The zero-order valence-corrected chi connectivity index (χ0v) is 9.45. The minimum atomic E-state index is 0.421. The van der Waals surface area contributed by atoms with Gasteiger partial charge in [0.25, 0.3) is 0 Å². The second-order valence-corrected chi connectivity index (χ2v) is 5.65. The average molecular weight is 207 g/mol. The lowest BCUT2D eigenvalue weighted by molar-refractivity contribution is -0.135. The highest BCUT2D eigenvalue weighted by Crippen LogP contribution is 2.38. The van der Waals surface area contributed by atoms with Crippen molar-refractivity contribution in [3.05, 3.63) is 0 Å². The number of likely N-dealkylation sites (tertiary alicyclic amines) is 1. The zero-order chi connectivity index (χ0) is 10.3. The molecule has 0 unspecified atom stereocenters. The first-order valence-electron chi connectivity index (χ1n) is 6.63. The molecule has 2 heteroatoms. The number of amides is 1. The fourth-order valence-electron chi connectivity index (χ4n) is 3.39. The Hall–Kier alpha value is -0.530. The number of hydrogen-bond donors (Lipinski definition) is 0. The Morgan fingerprint density at radius 3 is 2.40 bits per heavy atom. The molecule has 84 valence electrons. The predicted octanol–water partition coefficient (Wildman–Crippen LogP) is 2.44. The Morgan fingerprint density at radius 1 is 0.933 bits per heavy atom. The maximum Gasteiger partial charge on any atom is 0.225 e. The van der Waals surface area contributed by atoms with Crippen LogP contribution in [0, 0.1) is 17.8 Å². The second-order valence-electron chi connectivity index (χ2n) is 5.65. The highest BCUT2D eigenvalue weighted by molar-refractivity contribution is 5.81. The van der Waals surface area contributed by atoms with E-state index in [2.05, 4.69) is 4.90 Å². The number of carbonyl (C=O) groups is 1. The van der Waals surface area contributed by atoms with Gasteiger partial charge in [-0.25, -0.2) is 0 Å². The molecule has 0 bridgehead atoms. The van der Waals surface area contributed by atoms with Gasteiger partial charge in [-0.05, 0) is 37.5 Å². The molecule has 2 nitrogen and oxygen atoms in total. The lowest BCUT2D eigenvalue weighted by Crippen LogP contribution is -2.45. The van der Waals surface area contributed by atoms with E-state index in [4.69, 9.17) is 0 Å². The van der Waals surface area contributed by atoms with Gasteiger partial charge in [0, 0.05) is 19.0 Å². The van der Waals surface area contributed by atoms with E-state index in [0.29, 0.717) is 11.8 Å². The molecule has 1 heterocycles. The van der Waals surface area contributed by atoms with Crippen molar-refractivity contribution in [2.45, 2.75) is 44.9 Å². The summed E-state index contributed by atoms with van der Waals surface area (Å²) >= 11 is 0. The molecular weight excluding hydrogens is 186 g/mol. The van der Waals surface area contributed by atoms with Gasteiger partial charge in [0.2, 0.25) is 5.91 Å². The van der Waals surface area contributed by atoms with E-state index in [1.165, 1.54) is 32.1 Å². The Labute approximate surface area is 92.0 Å². The third-order valence-corrected chi connectivity index (χ3v) is 4.53. The molecule has 3 fully saturated rings. The molecule has 2 saturated carbocycles. The summed E-state index contributed by atoms with van der Waals surface area (Å²) < 4.78 is 0. The van der Waals surface area contributed by atoms with Crippen LogP contribution in [0.1, 0.15) is 44.9 Å². The minimum Gasteiger partial charge on any atom is -0.342 e. The molecule has 1 aliphatic heterocycles. The fraction of sp³-hybridized carbons (Fsp3) is 0.923. The summed E-state index contributed by atoms with van der Waals surface area (Å²) in [5.74, 6) is 2.68. The van der Waals surface area contributed by atoms with Gasteiger partial charge in [-0.1, -0.05) is 19.3 Å². The summed E-state index contributed by atoms with van der Waals surface area (Å²) in [6.07, 6.45) is 9.22. The Kier molecular flexibility index (Phi) is 2.45. The molecule has 2 aliphatic carbocycles. The molecule has 0 aromatic heterocycles. The fourth-order valence-corrected chi connectivity index (χ4v) is 3.39. The summed E-state index contributed by atoms with van der Waals surface area (Å²) in [6, 6.07) is 0. The minimum absolute atomic E-state index is 0.421. The summed E-state index contributed by atoms with van der Waals surface area (Å²) in [4.78, 5) is 14.1. The van der Waals surface area contributed by atoms with Crippen molar-refractivity contribution < 1.29 is 4.79 Å². The number of rotatable bonds is 1. The Balaban J connectivity index is 1.61. The van der Waals surface area contributed by atoms with Crippen molar-refractivity contribution in [1.29, 1.82) is 0 Å². The highest BCUT2D eigenvalue weighted by Gasteiger charge is 2.38. The van der Waals surface area contributed by atoms with E-state index in [1.54, 1.807) is 0 Å². The number of fused-ring (bicyclic) bond motifs is 1. The van der Waals surface area contributed by atoms with Gasteiger partial charge in [0.15, 0.2) is 0 Å². The van der Waals surface area contributed by atoms with Crippen LogP contribution in [-0.4, -0.2) is 23.9 Å². The first-order valence-corrected chi connectivity index (χ1v) is 6.63. The molecular formula is C13H21NO. The molecule has 15 heavy (non-hydrogen) atoms. The normalized spacial score (nSPS) is 36.1. The second kappa shape index (κ2) is 3.80. The quantitative estimate of drug-likeness (QED) is 0.646. The SMILES string of the molecule is O=C(C1CC1)N1CC[C@@H]2CCCC[C@H]2C1. The van der Waals surface area contributed by atoms with Gasteiger partial charge in [-0.3, -0.25) is 4.79 Å². The Bertz CT molecular complexity index is 259. The maximum absolute atomic E-state index is 12.0. The van der Waals surface area contributed by atoms with Crippen LogP contribution in [0.5, 0.6) is 0 Å². The summed E-state index contributed by atoms with van der Waals surface area (Å²) in [6.45, 7) is 2.14. The molecule has 1 amide bonds. The molecule has 3 rings (SSSR count). The van der Waals surface area contributed by atoms with Crippen molar-refractivity contribution >= 4 is 5.91 Å². The average Bonchev–Trinajstić information content (AvgIpc) is 3.11. The highest BCUT2D eigenvalue weighted by atomic mass is 16.2. The largest absolute Gasteiger partial charge is 0.342 e. The number of nitrogens with zero attached hydrogens (tertiary/aromatic N) is 1. The lowest BCUT2D eigenvalue weighted by atomic mass is 9.75. The first-order chi connectivity index (χ1) is 7.34. The van der Waals surface area contributed by atoms with Crippen LogP contribution >= 0.6 is 0 Å². The zero-order valence-electron chi connectivity index (χ0n) is 9.45. The van der Waals surface area contributed by atoms with Gasteiger partial charge in [0.05, 0.1) is 0 Å². The lowest BCUT2D eigenvalue weighted by Gasteiger charge is -2.41. The predicted molar refractivity (Wildman–Crippen MR) is 59.4 cm³/mol. The van der Waals surface area contributed by atoms with Crippen LogP contribution in [0.4, 0.5) is 0 Å². The van der Waals surface area contributed by atoms with Gasteiger partial charge in [-0.15, -0.1) is 0 Å². The van der Waals surface area contributed by atoms with Gasteiger partial charge < -0.3 is 4.90 Å². The van der Waals surface area contributed by atoms with Crippen molar-refractivity contribution in [1.82, 2.24) is 4.90 Å². The topological polar surface area (TPSA) is 20.3 Å². The summed E-state index contributed by atoms with van der Waals surface area (Å²) in [5.41, 5.74) is 0. The van der Waals surface area contributed by atoms with E-state index in [1.807, 2.05) is 0 Å². The summed E-state index contributed by atoms with van der Waals surface area (Å²) in [5, 5.41) is 0. The van der Waals surface area contributed by atoms with Crippen molar-refractivity contribution in [3.63, 3.8) is 0 Å². The maximum atomic E-state index is 12.0. The molecule has 3 aliphatic rings. The first kappa shape index (κ1) is 9.68. The third kappa shape index (κ3) is 1.91. The Morgan fingerprint density at radius 2 is 1.67 bits per heavy atom. The summed E-state index contributed by atoms with van der Waals surface area (Å²) in [7, 11) is 0. The van der Waals surface area contributed by atoms with Gasteiger partial charge in [0.1, 0.15) is 0 Å². The number of hydrogen-bond acceptors (Lipinski definition) is 1. The van der Waals surface area contributed by atoms with Gasteiger partial charge in [-0.2, -0.15) is 0 Å². The van der Waals surface area contributed by atoms with Crippen LogP contribution in [0.15, 0.2) is 0 Å². The van der Waals surface area contributed by atoms with Crippen LogP contribution < -0.4 is 0 Å². The monoisotopic (exact) mass is 207 g/mol. The van der Waals surface area contributed by atoms with Crippen LogP contribution in [0.3, 0.4) is 0 Å².